The normalized spacial score (nSPS) is 14.6. The van der Waals surface area contributed by atoms with Crippen LogP contribution < -0.4 is 4.74 Å². The maximum Gasteiger partial charge on any atom is 0.272 e. The zero-order chi connectivity index (χ0) is 20.8. The van der Waals surface area contributed by atoms with Crippen molar-refractivity contribution in [3.8, 4) is 28.1 Å². The number of benzene rings is 2. The van der Waals surface area contributed by atoms with Gasteiger partial charge >= 0.3 is 0 Å². The van der Waals surface area contributed by atoms with Gasteiger partial charge in [-0.05, 0) is 42.2 Å². The van der Waals surface area contributed by atoms with Crippen molar-refractivity contribution in [2.75, 3.05) is 7.11 Å². The van der Waals surface area contributed by atoms with E-state index in [2.05, 4.69) is 43.7 Å². The van der Waals surface area contributed by atoms with E-state index in [9.17, 15) is 0 Å². The minimum Gasteiger partial charge on any atom is -0.497 e. The molecule has 8 nitrogen and oxygen atoms in total. The Balaban J connectivity index is 1.38. The Kier molecular flexibility index (Phi) is 3.86. The largest absolute Gasteiger partial charge is 0.497 e. The predicted molar refractivity (Wildman–Crippen MR) is 115 cm³/mol. The lowest BCUT2D eigenvalue weighted by Gasteiger charge is -2.14. The number of nitrogens with one attached hydrogen (secondary N) is 1. The molecular weight excluding hydrogens is 390 g/mol. The molecule has 31 heavy (non-hydrogen) atoms. The maximum absolute atomic E-state index is 5.29. The molecule has 1 aliphatic carbocycles. The second-order valence-electron chi connectivity index (χ2n) is 7.76. The summed E-state index contributed by atoms with van der Waals surface area (Å²) in [7, 11) is 1.67. The van der Waals surface area contributed by atoms with E-state index in [0.29, 0.717) is 5.78 Å². The Labute approximate surface area is 178 Å². The van der Waals surface area contributed by atoms with E-state index in [1.165, 1.54) is 5.56 Å². The first-order valence-corrected chi connectivity index (χ1v) is 10.1. The Morgan fingerprint density at radius 2 is 1.81 bits per heavy atom. The van der Waals surface area contributed by atoms with Crippen molar-refractivity contribution in [3.63, 3.8) is 0 Å². The van der Waals surface area contributed by atoms with Crippen LogP contribution in [0.15, 0.2) is 67.1 Å². The third kappa shape index (κ3) is 2.87. The first-order valence-electron chi connectivity index (χ1n) is 10.1. The van der Waals surface area contributed by atoms with Gasteiger partial charge in [-0.15, -0.1) is 10.2 Å². The highest BCUT2D eigenvalue weighted by atomic mass is 16.5. The van der Waals surface area contributed by atoms with Gasteiger partial charge in [0, 0.05) is 17.3 Å². The number of methoxy groups -OCH3 is 1. The van der Waals surface area contributed by atoms with Gasteiger partial charge in [0.15, 0.2) is 5.82 Å². The number of H-pyrrole nitrogens is 1. The van der Waals surface area contributed by atoms with Crippen LogP contribution in [0.3, 0.4) is 0 Å². The average molecular weight is 409 g/mol. The lowest BCUT2D eigenvalue weighted by Crippen LogP contribution is -2.15. The Bertz CT molecular complexity index is 1370. The molecule has 0 atom stereocenters. The molecule has 5 aromatic rings. The summed E-state index contributed by atoms with van der Waals surface area (Å²) in [6.07, 6.45) is 7.46. The molecule has 3 aromatic heterocycles. The van der Waals surface area contributed by atoms with Crippen molar-refractivity contribution in [2.24, 2.45) is 0 Å². The lowest BCUT2D eigenvalue weighted by atomic mass is 9.95. The quantitative estimate of drug-likeness (QED) is 0.476. The molecule has 2 aromatic carbocycles. The molecular formula is C23H19N7O. The maximum atomic E-state index is 5.29. The third-order valence-electron chi connectivity index (χ3n) is 5.95. The Morgan fingerprint density at radius 3 is 2.55 bits per heavy atom. The summed E-state index contributed by atoms with van der Waals surface area (Å²) in [5.41, 5.74) is 4.84. The van der Waals surface area contributed by atoms with Gasteiger partial charge in [0.05, 0.1) is 30.6 Å². The van der Waals surface area contributed by atoms with Crippen molar-refractivity contribution in [2.45, 2.75) is 18.3 Å². The summed E-state index contributed by atoms with van der Waals surface area (Å²) in [5, 5.41) is 20.4. The van der Waals surface area contributed by atoms with Crippen LogP contribution in [0.4, 0.5) is 0 Å². The van der Waals surface area contributed by atoms with E-state index in [1.54, 1.807) is 24.0 Å². The highest BCUT2D eigenvalue weighted by Gasteiger charge is 2.50. The molecule has 0 unspecified atom stereocenters. The van der Waals surface area contributed by atoms with E-state index in [4.69, 9.17) is 9.72 Å². The van der Waals surface area contributed by atoms with Crippen LogP contribution in [-0.2, 0) is 5.41 Å². The summed E-state index contributed by atoms with van der Waals surface area (Å²) in [4.78, 5) is 4.73. The molecule has 0 radical (unpaired) electrons. The fourth-order valence-electron chi connectivity index (χ4n) is 4.08. The van der Waals surface area contributed by atoms with Gasteiger partial charge in [0.25, 0.3) is 5.78 Å². The summed E-state index contributed by atoms with van der Waals surface area (Å²) >= 11 is 0. The third-order valence-corrected chi connectivity index (χ3v) is 5.95. The summed E-state index contributed by atoms with van der Waals surface area (Å²) < 4.78 is 7.05. The van der Waals surface area contributed by atoms with E-state index in [0.717, 1.165) is 46.8 Å². The van der Waals surface area contributed by atoms with Crippen molar-refractivity contribution in [1.82, 2.24) is 35.0 Å². The highest BCUT2D eigenvalue weighted by molar-refractivity contribution is 5.70. The topological polar surface area (TPSA) is 93.9 Å². The fraction of sp³-hybridized carbons (Fsp3) is 0.174. The van der Waals surface area contributed by atoms with Crippen LogP contribution in [0.2, 0.25) is 0 Å². The molecule has 1 N–H and O–H groups in total. The second-order valence-corrected chi connectivity index (χ2v) is 7.76. The van der Waals surface area contributed by atoms with Crippen LogP contribution in [-0.4, -0.2) is 42.1 Å². The zero-order valence-electron chi connectivity index (χ0n) is 16.9. The lowest BCUT2D eigenvalue weighted by molar-refractivity contribution is 0.414. The highest BCUT2D eigenvalue weighted by Crippen LogP contribution is 2.52. The van der Waals surface area contributed by atoms with Crippen molar-refractivity contribution in [1.29, 1.82) is 0 Å². The van der Waals surface area contributed by atoms with Gasteiger partial charge in [0.2, 0.25) is 0 Å². The molecule has 0 bridgehead atoms. The summed E-state index contributed by atoms with van der Waals surface area (Å²) in [5.74, 6) is 2.17. The number of nitrogens with zero attached hydrogens (tertiary/aromatic N) is 6. The van der Waals surface area contributed by atoms with Crippen LogP contribution in [0.25, 0.3) is 28.2 Å². The first-order chi connectivity index (χ1) is 15.3. The van der Waals surface area contributed by atoms with Gasteiger partial charge in [-0.25, -0.2) is 4.98 Å². The van der Waals surface area contributed by atoms with Crippen molar-refractivity contribution >= 4 is 5.78 Å². The molecule has 0 spiro atoms. The van der Waals surface area contributed by atoms with Crippen LogP contribution in [0, 0.1) is 0 Å². The number of hydrogen-bond donors (Lipinski definition) is 1. The molecule has 6 rings (SSSR count). The number of aromatic nitrogens is 7. The molecule has 8 heteroatoms. The Hall–Kier alpha value is -4.07. The van der Waals surface area contributed by atoms with Crippen LogP contribution >= 0.6 is 0 Å². The smallest absolute Gasteiger partial charge is 0.272 e. The van der Waals surface area contributed by atoms with Gasteiger partial charge in [-0.1, -0.05) is 30.3 Å². The zero-order valence-corrected chi connectivity index (χ0v) is 16.9. The van der Waals surface area contributed by atoms with Crippen LogP contribution in [0.1, 0.15) is 24.2 Å². The average Bonchev–Trinajstić information content (AvgIpc) is 3.24. The molecule has 0 aliphatic heterocycles. The number of rotatable bonds is 5. The second kappa shape index (κ2) is 6.73. The van der Waals surface area contributed by atoms with Gasteiger partial charge in [-0.3, -0.25) is 5.10 Å². The minimum absolute atomic E-state index is 0.164. The van der Waals surface area contributed by atoms with Crippen LogP contribution in [0.5, 0.6) is 5.75 Å². The minimum atomic E-state index is -0.164. The molecule has 3 heterocycles. The summed E-state index contributed by atoms with van der Waals surface area (Å²) in [6.45, 7) is 0. The molecule has 1 saturated carbocycles. The molecule has 1 aliphatic rings. The van der Waals surface area contributed by atoms with E-state index < -0.39 is 0 Å². The number of hydrogen-bond acceptors (Lipinski definition) is 6. The number of fused-ring (bicyclic) bond motifs is 1. The van der Waals surface area contributed by atoms with E-state index >= 15 is 0 Å². The van der Waals surface area contributed by atoms with E-state index in [1.807, 2.05) is 36.5 Å². The van der Waals surface area contributed by atoms with E-state index in [-0.39, 0.29) is 5.41 Å². The number of aromatic amines is 1. The summed E-state index contributed by atoms with van der Waals surface area (Å²) in [6, 6.07) is 16.3. The SMILES string of the molecule is COc1ccc(C2(c3nnc4nc(-c5cccc(-c6cn[nH]c6)c5)cnn34)CC2)cc1. The standard InChI is InChI=1S/C23H19N7O/c1-31-19-7-5-18(6-8-19)23(9-10-23)21-28-29-22-27-20(14-26-30(21)22)16-4-2-3-15(11-16)17-12-24-25-13-17/h2-8,11-14H,9-10H2,1H3,(H,24,25). The number of ether oxygens (including phenoxy) is 1. The molecule has 0 saturated heterocycles. The van der Waals surface area contributed by atoms with Gasteiger partial charge in [-0.2, -0.15) is 14.7 Å². The molecule has 0 amide bonds. The predicted octanol–water partition coefficient (Wildman–Crippen LogP) is 3.66. The van der Waals surface area contributed by atoms with Crippen molar-refractivity contribution < 1.29 is 4.74 Å². The monoisotopic (exact) mass is 409 g/mol. The molecule has 152 valence electrons. The Morgan fingerprint density at radius 1 is 0.968 bits per heavy atom. The molecule has 1 fully saturated rings. The first kappa shape index (κ1) is 17.8. The van der Waals surface area contributed by atoms with Gasteiger partial charge < -0.3 is 4.74 Å². The van der Waals surface area contributed by atoms with Gasteiger partial charge in [0.1, 0.15) is 5.75 Å². The van der Waals surface area contributed by atoms with Crippen molar-refractivity contribution in [3.05, 3.63) is 78.5 Å². The fourth-order valence-corrected chi connectivity index (χ4v) is 4.08.